The number of aliphatic hydroxyl groups is 1. The van der Waals surface area contributed by atoms with Crippen molar-refractivity contribution in [2.75, 3.05) is 0 Å². The van der Waals surface area contributed by atoms with Crippen LogP contribution in [0.25, 0.3) is 5.57 Å². The maximum Gasteiger partial charge on any atom is 0.267 e. The molecule has 6 heteroatoms. The zero-order valence-corrected chi connectivity index (χ0v) is 19.2. The topological polar surface area (TPSA) is 105 Å². The molecular weight excluding hydrogens is 414 g/mol. The number of primary amides is 1. The molecule has 1 aromatic heterocycles. The minimum absolute atomic E-state index is 0.0380. The van der Waals surface area contributed by atoms with Gasteiger partial charge in [0.1, 0.15) is 5.69 Å². The average molecular weight is 448 g/mol. The van der Waals surface area contributed by atoms with Crippen molar-refractivity contribution in [3.05, 3.63) is 70.6 Å². The van der Waals surface area contributed by atoms with Gasteiger partial charge in [0.2, 0.25) is 5.91 Å². The number of aliphatic hydroxyl groups excluding tert-OH is 1. The van der Waals surface area contributed by atoms with E-state index < -0.39 is 5.91 Å². The predicted molar refractivity (Wildman–Crippen MR) is 128 cm³/mol. The van der Waals surface area contributed by atoms with Crippen LogP contribution in [0.1, 0.15) is 77.7 Å². The van der Waals surface area contributed by atoms with Gasteiger partial charge in [-0.3, -0.25) is 14.6 Å². The van der Waals surface area contributed by atoms with E-state index in [1.807, 2.05) is 6.07 Å². The Hall–Kier alpha value is -2.99. The highest BCUT2D eigenvalue weighted by atomic mass is 16.3. The number of aryl methyl sites for hydroxylation is 1. The Bertz CT molecular complexity index is 1040. The van der Waals surface area contributed by atoms with Crippen LogP contribution in [-0.4, -0.2) is 34.1 Å². The van der Waals surface area contributed by atoms with E-state index in [0.717, 1.165) is 56.9 Å². The summed E-state index contributed by atoms with van der Waals surface area (Å²) >= 11 is 0. The molecule has 6 nitrogen and oxygen atoms in total. The third-order valence-corrected chi connectivity index (χ3v) is 6.95. The van der Waals surface area contributed by atoms with Gasteiger partial charge in [-0.05, 0) is 92.2 Å². The van der Waals surface area contributed by atoms with Crippen molar-refractivity contribution in [1.29, 1.82) is 0 Å². The van der Waals surface area contributed by atoms with Gasteiger partial charge in [0.15, 0.2) is 0 Å². The number of pyridine rings is 1. The molecule has 174 valence electrons. The molecule has 0 radical (unpaired) electrons. The van der Waals surface area contributed by atoms with Crippen LogP contribution in [0.2, 0.25) is 0 Å². The van der Waals surface area contributed by atoms with Gasteiger partial charge < -0.3 is 16.2 Å². The number of carbonyl (C=O) groups excluding carboxylic acids is 2. The number of amides is 2. The second kappa shape index (κ2) is 10.3. The number of aromatic nitrogens is 1. The van der Waals surface area contributed by atoms with E-state index in [1.165, 1.54) is 22.3 Å². The van der Waals surface area contributed by atoms with E-state index in [9.17, 15) is 14.7 Å². The maximum atomic E-state index is 12.7. The fourth-order valence-electron chi connectivity index (χ4n) is 4.96. The smallest absolute Gasteiger partial charge is 0.267 e. The van der Waals surface area contributed by atoms with Gasteiger partial charge in [-0.2, -0.15) is 0 Å². The molecule has 2 aliphatic rings. The van der Waals surface area contributed by atoms with Crippen LogP contribution >= 0.6 is 0 Å². The maximum absolute atomic E-state index is 12.7. The van der Waals surface area contributed by atoms with Crippen LogP contribution in [0.4, 0.5) is 0 Å². The third-order valence-electron chi connectivity index (χ3n) is 6.95. The van der Waals surface area contributed by atoms with Crippen molar-refractivity contribution in [1.82, 2.24) is 10.3 Å². The van der Waals surface area contributed by atoms with Crippen LogP contribution in [0.15, 0.2) is 42.6 Å². The zero-order chi connectivity index (χ0) is 23.4. The lowest BCUT2D eigenvalue weighted by Gasteiger charge is -2.29. The Labute approximate surface area is 195 Å². The van der Waals surface area contributed by atoms with Crippen LogP contribution < -0.4 is 11.1 Å². The number of nitrogens with zero attached hydrogens (tertiary/aromatic N) is 1. The summed E-state index contributed by atoms with van der Waals surface area (Å²) in [5, 5.41) is 12.9. The van der Waals surface area contributed by atoms with E-state index in [4.69, 9.17) is 5.73 Å². The molecule has 4 rings (SSSR count). The van der Waals surface area contributed by atoms with Crippen molar-refractivity contribution in [3.63, 3.8) is 0 Å². The molecule has 2 aromatic rings. The zero-order valence-electron chi connectivity index (χ0n) is 19.2. The van der Waals surface area contributed by atoms with Crippen molar-refractivity contribution >= 4 is 17.4 Å². The highest BCUT2D eigenvalue weighted by molar-refractivity contribution is 5.90. The number of hydrogen-bond acceptors (Lipinski definition) is 4. The summed E-state index contributed by atoms with van der Waals surface area (Å²) in [5.41, 5.74) is 11.6. The summed E-state index contributed by atoms with van der Waals surface area (Å²) < 4.78 is 0. The molecule has 0 spiro atoms. The first kappa shape index (κ1) is 23.2. The number of rotatable bonds is 6. The van der Waals surface area contributed by atoms with Gasteiger partial charge >= 0.3 is 0 Å². The van der Waals surface area contributed by atoms with E-state index in [2.05, 4.69) is 41.5 Å². The van der Waals surface area contributed by atoms with Crippen molar-refractivity contribution in [3.8, 4) is 0 Å². The molecule has 33 heavy (non-hydrogen) atoms. The van der Waals surface area contributed by atoms with E-state index in [1.54, 1.807) is 12.3 Å². The quantitative estimate of drug-likeness (QED) is 0.628. The Morgan fingerprint density at radius 1 is 1.09 bits per heavy atom. The molecule has 1 heterocycles. The monoisotopic (exact) mass is 447 g/mol. The van der Waals surface area contributed by atoms with E-state index in [0.29, 0.717) is 0 Å². The molecule has 1 saturated carbocycles. The average Bonchev–Trinajstić information content (AvgIpc) is 2.81. The van der Waals surface area contributed by atoms with Crippen LogP contribution in [0.5, 0.6) is 0 Å². The number of allylic oxidation sites excluding steroid dienone is 2. The molecule has 0 bridgehead atoms. The molecule has 1 unspecified atom stereocenters. The first-order valence-electron chi connectivity index (χ1n) is 11.9. The lowest BCUT2D eigenvalue weighted by Crippen LogP contribution is -2.41. The lowest BCUT2D eigenvalue weighted by atomic mass is 9.84. The molecule has 2 amide bonds. The SMILES string of the molecule is Cc1cc(Cc2ccc(C(N)=O)nc2)ccc1C1=CCC(C(=O)NC2CCC(O)CC2)CC1. The molecule has 1 fully saturated rings. The number of nitrogens with one attached hydrogen (secondary N) is 1. The van der Waals surface area contributed by atoms with Gasteiger partial charge in [0.25, 0.3) is 5.91 Å². The third kappa shape index (κ3) is 5.88. The standard InChI is InChI=1S/C27H33N3O3/c1-17-14-18(15-19-3-13-25(26(28)32)29-16-19)2-12-24(17)20-4-6-21(7-5-20)27(33)30-22-8-10-23(31)11-9-22/h2-4,12-14,16,21-23,31H,5-11,15H2,1H3,(H2,28,32)(H,30,33). The molecule has 1 aromatic carbocycles. The van der Waals surface area contributed by atoms with Crippen LogP contribution in [-0.2, 0) is 11.2 Å². The summed E-state index contributed by atoms with van der Waals surface area (Å²) in [7, 11) is 0. The van der Waals surface area contributed by atoms with Crippen LogP contribution in [0.3, 0.4) is 0 Å². The summed E-state index contributed by atoms with van der Waals surface area (Å²) in [6.07, 6.45) is 10.3. The largest absolute Gasteiger partial charge is 0.393 e. The minimum atomic E-state index is -0.518. The van der Waals surface area contributed by atoms with Crippen molar-refractivity contribution < 1.29 is 14.7 Å². The summed E-state index contributed by atoms with van der Waals surface area (Å²) in [4.78, 5) is 28.0. The number of carbonyl (C=O) groups is 2. The van der Waals surface area contributed by atoms with E-state index >= 15 is 0 Å². The number of benzene rings is 1. The summed E-state index contributed by atoms with van der Waals surface area (Å²) in [5.74, 6) is -0.318. The van der Waals surface area contributed by atoms with E-state index in [-0.39, 0.29) is 29.7 Å². The molecule has 4 N–H and O–H groups in total. The second-order valence-corrected chi connectivity index (χ2v) is 9.46. The first-order valence-corrected chi connectivity index (χ1v) is 11.9. The molecule has 1 atom stereocenters. The van der Waals surface area contributed by atoms with Crippen molar-refractivity contribution in [2.45, 2.75) is 70.4 Å². The molecule has 0 saturated heterocycles. The number of nitrogens with two attached hydrogens (primary N) is 1. The predicted octanol–water partition coefficient (Wildman–Crippen LogP) is 3.68. The molecular formula is C27H33N3O3. The lowest BCUT2D eigenvalue weighted by molar-refractivity contribution is -0.126. The molecule has 2 aliphatic carbocycles. The highest BCUT2D eigenvalue weighted by Gasteiger charge is 2.26. The Morgan fingerprint density at radius 2 is 1.85 bits per heavy atom. The minimum Gasteiger partial charge on any atom is -0.393 e. The van der Waals surface area contributed by atoms with Gasteiger partial charge in [-0.25, -0.2) is 0 Å². The van der Waals surface area contributed by atoms with Crippen LogP contribution in [0, 0.1) is 12.8 Å². The van der Waals surface area contributed by atoms with Gasteiger partial charge in [0.05, 0.1) is 6.10 Å². The van der Waals surface area contributed by atoms with Gasteiger partial charge in [-0.1, -0.05) is 30.3 Å². The number of hydrogen-bond donors (Lipinski definition) is 3. The Morgan fingerprint density at radius 3 is 2.45 bits per heavy atom. The fourth-order valence-corrected chi connectivity index (χ4v) is 4.96. The highest BCUT2D eigenvalue weighted by Crippen LogP contribution is 2.33. The first-order chi connectivity index (χ1) is 15.9. The fraction of sp³-hybridized carbons (Fsp3) is 0.444. The summed E-state index contributed by atoms with van der Waals surface area (Å²) in [6, 6.07) is 10.3. The normalized spacial score (nSPS) is 23.0. The Kier molecular flexibility index (Phi) is 7.23. The van der Waals surface area contributed by atoms with Gasteiger partial charge in [0, 0.05) is 18.2 Å². The second-order valence-electron chi connectivity index (χ2n) is 9.46. The van der Waals surface area contributed by atoms with Crippen molar-refractivity contribution in [2.24, 2.45) is 11.7 Å². The Balaban J connectivity index is 1.35. The van der Waals surface area contributed by atoms with Gasteiger partial charge in [-0.15, -0.1) is 0 Å². The molecule has 0 aliphatic heterocycles. The summed E-state index contributed by atoms with van der Waals surface area (Å²) in [6.45, 7) is 2.13.